The van der Waals surface area contributed by atoms with Gasteiger partial charge < -0.3 is 71.1 Å². The summed E-state index contributed by atoms with van der Waals surface area (Å²) in [4.78, 5) is 12.5. The Morgan fingerprint density at radius 1 is 0.509 bits per heavy atom. The fraction of sp³-hybridized carbons (Fsp3) is 0.667. The molecule has 16 heteroatoms. The lowest BCUT2D eigenvalue weighted by Crippen LogP contribution is -2.16. The highest BCUT2D eigenvalue weighted by Crippen LogP contribution is 2.32. The summed E-state index contributed by atoms with van der Waals surface area (Å²) >= 11 is 0. The average molecular weight is 785 g/mol. The van der Waals surface area contributed by atoms with Gasteiger partial charge >= 0.3 is 5.97 Å². The quantitative estimate of drug-likeness (QED) is 0.227. The molecule has 0 saturated heterocycles. The van der Waals surface area contributed by atoms with Gasteiger partial charge in [0.1, 0.15) is 38.8 Å². The summed E-state index contributed by atoms with van der Waals surface area (Å²) in [6, 6.07) is 10.3. The molecule has 0 amide bonds. The van der Waals surface area contributed by atoms with Crippen molar-refractivity contribution in [3.8, 4) is 28.7 Å². The fourth-order valence-corrected chi connectivity index (χ4v) is 4.57. The van der Waals surface area contributed by atoms with E-state index in [1.54, 1.807) is 51.3 Å². The molecule has 0 unspecified atom stereocenters. The summed E-state index contributed by atoms with van der Waals surface area (Å²) in [7, 11) is 1.63. The molecule has 0 fully saturated rings. The summed E-state index contributed by atoms with van der Waals surface area (Å²) in [6.45, 7) is 12.0. The summed E-state index contributed by atoms with van der Waals surface area (Å²) in [5, 5.41) is 0. The van der Waals surface area contributed by atoms with E-state index in [0.717, 1.165) is 0 Å². The van der Waals surface area contributed by atoms with Crippen molar-refractivity contribution < 1.29 is 75.8 Å². The lowest BCUT2D eigenvalue weighted by atomic mass is 10.2. The Labute approximate surface area is 324 Å². The van der Waals surface area contributed by atoms with Crippen molar-refractivity contribution in [3.63, 3.8) is 0 Å². The number of carbonyl (C=O) groups is 1. The number of rotatable bonds is 12. The molecule has 55 heavy (non-hydrogen) atoms. The zero-order chi connectivity index (χ0) is 39.0. The summed E-state index contributed by atoms with van der Waals surface area (Å²) in [5.41, 5.74) is 0.362. The van der Waals surface area contributed by atoms with Gasteiger partial charge in [-0.1, -0.05) is 0 Å². The number of hydrogen-bond acceptors (Lipinski definition) is 16. The van der Waals surface area contributed by atoms with Crippen LogP contribution in [0.2, 0.25) is 0 Å². The van der Waals surface area contributed by atoms with Crippen LogP contribution in [0.4, 0.5) is 0 Å². The van der Waals surface area contributed by atoms with E-state index in [-0.39, 0.29) is 19.3 Å². The first-order valence-corrected chi connectivity index (χ1v) is 18.8. The zero-order valence-electron chi connectivity index (χ0n) is 32.6. The second-order valence-electron chi connectivity index (χ2n) is 11.9. The Bertz CT molecular complexity index is 1260. The van der Waals surface area contributed by atoms with Gasteiger partial charge in [-0.05, 0) is 44.2 Å². The molecule has 0 radical (unpaired) electrons. The molecular formula is C39H60O16. The van der Waals surface area contributed by atoms with Gasteiger partial charge in [0.2, 0.25) is 0 Å². The van der Waals surface area contributed by atoms with E-state index in [9.17, 15) is 4.79 Å². The maximum absolute atomic E-state index is 12.5. The minimum absolute atomic E-state index is 0.240. The van der Waals surface area contributed by atoms with E-state index >= 15 is 0 Å². The van der Waals surface area contributed by atoms with Crippen molar-refractivity contribution in [3.05, 3.63) is 42.0 Å². The van der Waals surface area contributed by atoms with Crippen LogP contribution in [0.3, 0.4) is 0 Å². The number of fused-ring (bicyclic) bond motifs is 2. The minimum Gasteiger partial charge on any atom is -0.491 e. The lowest BCUT2D eigenvalue weighted by molar-refractivity contribution is 0.00245. The first kappa shape index (κ1) is 45.9. The van der Waals surface area contributed by atoms with E-state index in [1.165, 1.54) is 0 Å². The van der Waals surface area contributed by atoms with Gasteiger partial charge in [-0.3, -0.25) is 0 Å². The van der Waals surface area contributed by atoms with Gasteiger partial charge in [-0.15, -0.1) is 0 Å². The second kappa shape index (κ2) is 30.7. The Hall–Kier alpha value is -3.45. The first-order chi connectivity index (χ1) is 27.1. The number of methoxy groups -OCH3 is 1. The summed E-state index contributed by atoms with van der Waals surface area (Å²) in [6.07, 6.45) is -0.248. The molecule has 0 bridgehead atoms. The SMILES string of the molecule is COCCOCCOCCOc1ccc2c(c1)OCCOCCOCCOCCOc1ccc(C(=O)OC(C)C)cc1OCCOCCOCCOCCO2. The van der Waals surface area contributed by atoms with Crippen LogP contribution in [0.1, 0.15) is 24.2 Å². The Morgan fingerprint density at radius 3 is 1.38 bits per heavy atom. The van der Waals surface area contributed by atoms with Gasteiger partial charge in [-0.25, -0.2) is 4.79 Å². The average Bonchev–Trinajstić information content (AvgIpc) is 3.18. The van der Waals surface area contributed by atoms with Crippen molar-refractivity contribution in [1.29, 1.82) is 0 Å². The lowest BCUT2D eigenvalue weighted by Gasteiger charge is -2.15. The molecular weight excluding hydrogens is 724 g/mol. The highest BCUT2D eigenvalue weighted by atomic mass is 16.6. The normalized spacial score (nSPS) is 16.9. The number of benzene rings is 2. The second-order valence-corrected chi connectivity index (χ2v) is 11.9. The van der Waals surface area contributed by atoms with Crippen molar-refractivity contribution in [2.24, 2.45) is 0 Å². The summed E-state index contributed by atoms with van der Waals surface area (Å²) in [5.74, 6) is 2.15. The third-order valence-corrected chi connectivity index (χ3v) is 7.17. The van der Waals surface area contributed by atoms with Gasteiger partial charge in [0.15, 0.2) is 23.0 Å². The molecule has 16 nitrogen and oxygen atoms in total. The topological polar surface area (TPSA) is 156 Å². The third kappa shape index (κ3) is 22.0. The zero-order valence-corrected chi connectivity index (χ0v) is 32.6. The molecule has 0 aromatic heterocycles. The van der Waals surface area contributed by atoms with E-state index < -0.39 is 5.97 Å². The monoisotopic (exact) mass is 784 g/mol. The highest BCUT2D eigenvalue weighted by molar-refractivity contribution is 5.90. The van der Waals surface area contributed by atoms with Crippen molar-refractivity contribution >= 4 is 5.97 Å². The van der Waals surface area contributed by atoms with Crippen LogP contribution in [0.15, 0.2) is 36.4 Å². The Morgan fingerprint density at radius 2 is 0.909 bits per heavy atom. The minimum atomic E-state index is -0.442. The van der Waals surface area contributed by atoms with Crippen molar-refractivity contribution in [1.82, 2.24) is 0 Å². The maximum Gasteiger partial charge on any atom is 0.338 e. The van der Waals surface area contributed by atoms with Crippen molar-refractivity contribution in [2.45, 2.75) is 20.0 Å². The van der Waals surface area contributed by atoms with Gasteiger partial charge in [0, 0.05) is 13.2 Å². The molecule has 3 rings (SSSR count). The van der Waals surface area contributed by atoms with E-state index in [4.69, 9.17) is 71.1 Å². The van der Waals surface area contributed by atoms with E-state index in [2.05, 4.69) is 0 Å². The number of carbonyl (C=O) groups excluding carboxylic acids is 1. The van der Waals surface area contributed by atoms with E-state index in [0.29, 0.717) is 166 Å². The van der Waals surface area contributed by atoms with Gasteiger partial charge in [-0.2, -0.15) is 0 Å². The predicted molar refractivity (Wildman–Crippen MR) is 199 cm³/mol. The largest absolute Gasteiger partial charge is 0.491 e. The molecule has 312 valence electrons. The molecule has 2 aromatic rings. The van der Waals surface area contributed by atoms with Crippen LogP contribution in [0.25, 0.3) is 0 Å². The Balaban J connectivity index is 1.44. The molecule has 0 aliphatic carbocycles. The number of esters is 1. The first-order valence-electron chi connectivity index (χ1n) is 18.8. The smallest absolute Gasteiger partial charge is 0.338 e. The van der Waals surface area contributed by atoms with E-state index in [1.807, 2.05) is 6.07 Å². The van der Waals surface area contributed by atoms with Crippen LogP contribution in [-0.4, -0.2) is 165 Å². The van der Waals surface area contributed by atoms with Crippen LogP contribution in [-0.2, 0) is 47.4 Å². The molecule has 2 aromatic carbocycles. The maximum atomic E-state index is 12.5. The van der Waals surface area contributed by atoms with Gasteiger partial charge in [0.25, 0.3) is 0 Å². The molecule has 0 atom stereocenters. The van der Waals surface area contributed by atoms with Gasteiger partial charge in [0.05, 0.1) is 124 Å². The predicted octanol–water partition coefficient (Wildman–Crippen LogP) is 3.64. The fourth-order valence-electron chi connectivity index (χ4n) is 4.57. The third-order valence-electron chi connectivity index (χ3n) is 7.17. The molecule has 1 aliphatic heterocycles. The van der Waals surface area contributed by atoms with Crippen LogP contribution < -0.4 is 23.7 Å². The molecule has 0 N–H and O–H groups in total. The molecule has 0 spiro atoms. The Kier molecular flexibility index (Phi) is 25.7. The standard InChI is InChI=1S/C39H60O16/c1-32(2)55-39(40)33-4-6-35-37(30-33)53-28-23-48-18-13-43-12-17-47-22-27-52-36-7-5-34(50-25-20-45-15-10-42-9-8-41-3)31-38(36)54-29-24-49-19-14-44-11-16-46-21-26-51-35/h4-7,30-32H,8-29H2,1-3H3. The molecule has 1 aliphatic rings. The van der Waals surface area contributed by atoms with Crippen LogP contribution in [0, 0.1) is 0 Å². The molecule has 0 saturated carbocycles. The molecule has 1 heterocycles. The number of hydrogen-bond donors (Lipinski definition) is 0. The van der Waals surface area contributed by atoms with Crippen molar-refractivity contribution in [2.75, 3.05) is 152 Å². The summed E-state index contributed by atoms with van der Waals surface area (Å²) < 4.78 is 84.8. The van der Waals surface area contributed by atoms with Crippen LogP contribution in [0.5, 0.6) is 28.7 Å². The van der Waals surface area contributed by atoms with Crippen LogP contribution >= 0.6 is 0 Å². The number of ether oxygens (including phenoxy) is 15. The highest BCUT2D eigenvalue weighted by Gasteiger charge is 2.15.